The number of hydrogen-bond acceptors (Lipinski definition) is 4. The van der Waals surface area contributed by atoms with E-state index in [-0.39, 0.29) is 6.61 Å². The van der Waals surface area contributed by atoms with Crippen molar-refractivity contribution in [2.24, 2.45) is 0 Å². The molecular weight excluding hydrogens is 280 g/mol. The average molecular weight is 304 g/mol. The van der Waals surface area contributed by atoms with Crippen molar-refractivity contribution in [1.82, 2.24) is 0 Å². The first-order chi connectivity index (χ1) is 10.6. The summed E-state index contributed by atoms with van der Waals surface area (Å²) in [5, 5.41) is 18.5. The topological polar surface area (TPSA) is 66.8 Å². The molecule has 120 valence electrons. The lowest BCUT2D eigenvalue weighted by Gasteiger charge is -2.06. The third-order valence-corrected chi connectivity index (χ3v) is 3.16. The Hall–Kier alpha value is -1.91. The molecule has 0 heterocycles. The van der Waals surface area contributed by atoms with Gasteiger partial charge >= 0.3 is 5.97 Å². The van der Waals surface area contributed by atoms with Crippen LogP contribution in [0.2, 0.25) is 0 Å². The molecule has 0 amide bonds. The van der Waals surface area contributed by atoms with Gasteiger partial charge in [-0.05, 0) is 37.5 Å². The highest BCUT2D eigenvalue weighted by Gasteiger charge is 2.07. The number of hydrogen-bond donors (Lipinski definition) is 2. The fraction of sp³-hybridized carbons (Fsp3) is 0.389. The highest BCUT2D eigenvalue weighted by atomic mass is 16.5. The Morgan fingerprint density at radius 1 is 1.23 bits per heavy atom. The maximum Gasteiger partial charge on any atom is 0.338 e. The van der Waals surface area contributed by atoms with Gasteiger partial charge < -0.3 is 14.9 Å². The quantitative estimate of drug-likeness (QED) is 0.318. The molecule has 0 saturated carbocycles. The lowest BCUT2D eigenvalue weighted by Crippen LogP contribution is -2.08. The Balaban J connectivity index is 2.37. The first kappa shape index (κ1) is 18.1. The van der Waals surface area contributed by atoms with Crippen molar-refractivity contribution in [1.29, 1.82) is 0 Å². The second-order valence-electron chi connectivity index (χ2n) is 5.11. The lowest BCUT2D eigenvalue weighted by molar-refractivity contribution is -0.133. The Morgan fingerprint density at radius 3 is 2.64 bits per heavy atom. The van der Waals surface area contributed by atoms with Crippen LogP contribution < -0.4 is 0 Å². The van der Waals surface area contributed by atoms with E-state index in [2.05, 4.69) is 0 Å². The minimum absolute atomic E-state index is 0.172. The van der Waals surface area contributed by atoms with Gasteiger partial charge in [0.05, 0.1) is 12.4 Å². The summed E-state index contributed by atoms with van der Waals surface area (Å²) in [6.07, 6.45) is 6.90. The number of carbonyl (C=O) groups excluding carboxylic acids is 1. The number of aliphatic hydroxyl groups excluding tert-OH is 2. The molecule has 1 aromatic rings. The molecule has 0 fully saturated rings. The molecule has 0 aromatic heterocycles. The summed E-state index contributed by atoms with van der Waals surface area (Å²) in [4.78, 5) is 11.8. The largest absolute Gasteiger partial charge is 0.431 e. The lowest BCUT2D eigenvalue weighted by atomic mass is 10.1. The number of ether oxygens (including phenoxy) is 1. The van der Waals surface area contributed by atoms with E-state index in [9.17, 15) is 9.90 Å². The summed E-state index contributed by atoms with van der Waals surface area (Å²) in [6, 6.07) is 9.53. The van der Waals surface area contributed by atoms with E-state index in [1.165, 1.54) is 12.3 Å². The number of benzene rings is 1. The van der Waals surface area contributed by atoms with E-state index < -0.39 is 12.1 Å². The maximum atomic E-state index is 11.8. The van der Waals surface area contributed by atoms with Gasteiger partial charge in [0.2, 0.25) is 0 Å². The van der Waals surface area contributed by atoms with Crippen LogP contribution in [0, 0.1) is 0 Å². The fourth-order valence-corrected chi connectivity index (χ4v) is 1.91. The fourth-order valence-electron chi connectivity index (χ4n) is 1.91. The Morgan fingerprint density at radius 2 is 1.95 bits per heavy atom. The predicted molar refractivity (Wildman–Crippen MR) is 86.9 cm³/mol. The third kappa shape index (κ3) is 7.76. The normalized spacial score (nSPS) is 13.3. The minimum atomic E-state index is -0.663. The third-order valence-electron chi connectivity index (χ3n) is 3.16. The van der Waals surface area contributed by atoms with Crippen LogP contribution in [0.3, 0.4) is 0 Å². The van der Waals surface area contributed by atoms with Crippen molar-refractivity contribution >= 4 is 12.0 Å². The molecule has 1 unspecified atom stereocenters. The van der Waals surface area contributed by atoms with E-state index in [1.807, 2.05) is 30.3 Å². The van der Waals surface area contributed by atoms with Gasteiger partial charge in [0.1, 0.15) is 0 Å². The van der Waals surface area contributed by atoms with Gasteiger partial charge in [-0.25, -0.2) is 4.79 Å². The smallest absolute Gasteiger partial charge is 0.338 e. The summed E-state index contributed by atoms with van der Waals surface area (Å²) in [5.41, 5.74) is 1.33. The minimum Gasteiger partial charge on any atom is -0.431 e. The van der Waals surface area contributed by atoms with Gasteiger partial charge in [0.15, 0.2) is 0 Å². The van der Waals surface area contributed by atoms with Crippen LogP contribution in [0.15, 0.2) is 48.2 Å². The number of rotatable bonds is 9. The second kappa shape index (κ2) is 10.8. The number of aliphatic hydroxyl groups is 2. The van der Waals surface area contributed by atoms with Crippen molar-refractivity contribution < 1.29 is 19.7 Å². The molecular formula is C18H24O4. The number of esters is 1. The van der Waals surface area contributed by atoms with Crippen LogP contribution in [0.25, 0.3) is 6.08 Å². The molecule has 1 atom stereocenters. The maximum absolute atomic E-state index is 11.8. The van der Waals surface area contributed by atoms with E-state index in [0.29, 0.717) is 12.0 Å². The molecule has 0 bridgehead atoms. The molecule has 2 N–H and O–H groups in total. The van der Waals surface area contributed by atoms with Gasteiger partial charge in [0.25, 0.3) is 0 Å². The molecule has 4 nitrogen and oxygen atoms in total. The van der Waals surface area contributed by atoms with Gasteiger partial charge in [-0.3, -0.25) is 0 Å². The monoisotopic (exact) mass is 304 g/mol. The zero-order valence-electron chi connectivity index (χ0n) is 12.9. The van der Waals surface area contributed by atoms with E-state index in [0.717, 1.165) is 24.8 Å². The Kier molecular flexibility index (Phi) is 8.88. The first-order valence-corrected chi connectivity index (χ1v) is 7.53. The highest BCUT2D eigenvalue weighted by Crippen LogP contribution is 2.08. The van der Waals surface area contributed by atoms with Crippen LogP contribution in [0.1, 0.15) is 38.2 Å². The van der Waals surface area contributed by atoms with Crippen LogP contribution in [-0.2, 0) is 9.53 Å². The molecule has 0 aliphatic rings. The SMILES string of the molecule is CC(=CC(O)CCCCCO)C(=O)OC=Cc1ccccc1. The summed E-state index contributed by atoms with van der Waals surface area (Å²) in [5.74, 6) is -0.471. The van der Waals surface area contributed by atoms with Gasteiger partial charge in [-0.2, -0.15) is 0 Å². The van der Waals surface area contributed by atoms with E-state index in [1.54, 1.807) is 13.0 Å². The highest BCUT2D eigenvalue weighted by molar-refractivity contribution is 5.88. The summed E-state index contributed by atoms with van der Waals surface area (Å²) in [7, 11) is 0. The van der Waals surface area contributed by atoms with Crippen molar-refractivity contribution in [2.45, 2.75) is 38.7 Å². The van der Waals surface area contributed by atoms with Crippen molar-refractivity contribution in [3.05, 3.63) is 53.8 Å². The Labute approximate surface area is 131 Å². The number of unbranched alkanes of at least 4 members (excludes halogenated alkanes) is 2. The zero-order chi connectivity index (χ0) is 16.2. The van der Waals surface area contributed by atoms with Crippen molar-refractivity contribution in [2.75, 3.05) is 6.61 Å². The van der Waals surface area contributed by atoms with Gasteiger partial charge in [-0.1, -0.05) is 43.2 Å². The van der Waals surface area contributed by atoms with Crippen LogP contribution in [0.5, 0.6) is 0 Å². The molecule has 1 rings (SSSR count). The van der Waals surface area contributed by atoms with Gasteiger partial charge in [0, 0.05) is 12.2 Å². The molecule has 4 heteroatoms. The second-order valence-corrected chi connectivity index (χ2v) is 5.11. The van der Waals surface area contributed by atoms with E-state index >= 15 is 0 Å². The number of carbonyl (C=O) groups is 1. The zero-order valence-corrected chi connectivity index (χ0v) is 12.9. The first-order valence-electron chi connectivity index (χ1n) is 7.53. The molecule has 1 aromatic carbocycles. The van der Waals surface area contributed by atoms with Crippen molar-refractivity contribution in [3.8, 4) is 0 Å². The average Bonchev–Trinajstić information content (AvgIpc) is 2.52. The standard InChI is InChI=1S/C18H24O4/c1-15(14-17(20)10-6-3-7-12-19)18(21)22-13-11-16-8-4-2-5-9-16/h2,4-5,8-9,11,13-14,17,19-20H,3,6-7,10,12H2,1H3. The molecule has 0 spiro atoms. The predicted octanol–water partition coefficient (Wildman–Crippen LogP) is 3.06. The summed E-state index contributed by atoms with van der Waals surface area (Å²) >= 11 is 0. The van der Waals surface area contributed by atoms with Crippen LogP contribution in [0.4, 0.5) is 0 Å². The molecule has 0 radical (unpaired) electrons. The van der Waals surface area contributed by atoms with Gasteiger partial charge in [-0.15, -0.1) is 0 Å². The van der Waals surface area contributed by atoms with Crippen molar-refractivity contribution in [3.63, 3.8) is 0 Å². The molecule has 0 aliphatic carbocycles. The molecule has 0 saturated heterocycles. The summed E-state index contributed by atoms with van der Waals surface area (Å²) in [6.45, 7) is 1.79. The van der Waals surface area contributed by atoms with Crippen LogP contribution >= 0.6 is 0 Å². The molecule has 0 aliphatic heterocycles. The van der Waals surface area contributed by atoms with Crippen LogP contribution in [-0.4, -0.2) is 28.9 Å². The summed E-state index contributed by atoms with van der Waals surface area (Å²) < 4.78 is 5.02. The van der Waals surface area contributed by atoms with E-state index in [4.69, 9.17) is 9.84 Å². The molecule has 22 heavy (non-hydrogen) atoms. The Bertz CT molecular complexity index is 491.